The molecule has 0 atom stereocenters. The molecule has 3 aromatic rings. The standard InChI is InChI=1S/C28H33N/c1-21-10-12-24(13-11-21)20-25-14-16-26(17-15-25)29(27-8-4-6-22(2)18-27)28-9-5-7-23(3)19-28/h4-13,18-19,25-26H,14-17,20H2,1-3H3. The molecule has 1 heteroatoms. The van der Waals surface area contributed by atoms with Crippen molar-refractivity contribution in [2.45, 2.75) is 58.9 Å². The van der Waals surface area contributed by atoms with Gasteiger partial charge in [-0.3, -0.25) is 0 Å². The molecule has 0 amide bonds. The number of aryl methyl sites for hydroxylation is 3. The van der Waals surface area contributed by atoms with Crippen LogP contribution in [0.4, 0.5) is 11.4 Å². The molecule has 0 aromatic heterocycles. The van der Waals surface area contributed by atoms with E-state index in [1.54, 1.807) is 0 Å². The summed E-state index contributed by atoms with van der Waals surface area (Å²) in [6, 6.07) is 27.7. The van der Waals surface area contributed by atoms with E-state index in [-0.39, 0.29) is 0 Å². The third-order valence-electron chi connectivity index (χ3n) is 6.39. The van der Waals surface area contributed by atoms with Crippen LogP contribution in [-0.4, -0.2) is 6.04 Å². The van der Waals surface area contributed by atoms with Gasteiger partial charge in [0, 0.05) is 17.4 Å². The van der Waals surface area contributed by atoms with Gasteiger partial charge in [0.05, 0.1) is 0 Å². The lowest BCUT2D eigenvalue weighted by molar-refractivity contribution is 0.323. The second-order valence-corrected chi connectivity index (χ2v) is 8.91. The van der Waals surface area contributed by atoms with E-state index in [1.165, 1.54) is 65.7 Å². The van der Waals surface area contributed by atoms with Gasteiger partial charge in [-0.15, -0.1) is 0 Å². The Morgan fingerprint density at radius 3 is 1.72 bits per heavy atom. The lowest BCUT2D eigenvalue weighted by atomic mass is 9.81. The molecule has 29 heavy (non-hydrogen) atoms. The molecular formula is C28H33N. The number of nitrogens with zero attached hydrogens (tertiary/aromatic N) is 1. The van der Waals surface area contributed by atoms with Crippen molar-refractivity contribution in [1.82, 2.24) is 0 Å². The van der Waals surface area contributed by atoms with E-state index in [1.807, 2.05) is 0 Å². The van der Waals surface area contributed by atoms with E-state index in [0.29, 0.717) is 6.04 Å². The summed E-state index contributed by atoms with van der Waals surface area (Å²) in [5.41, 5.74) is 8.16. The Labute approximate surface area is 176 Å². The van der Waals surface area contributed by atoms with Crippen LogP contribution in [0.5, 0.6) is 0 Å². The maximum atomic E-state index is 2.60. The predicted octanol–water partition coefficient (Wildman–Crippen LogP) is 7.55. The third kappa shape index (κ3) is 4.90. The molecule has 4 rings (SSSR count). The average Bonchev–Trinajstić information content (AvgIpc) is 2.71. The zero-order valence-electron chi connectivity index (χ0n) is 18.1. The van der Waals surface area contributed by atoms with Crippen molar-refractivity contribution < 1.29 is 0 Å². The van der Waals surface area contributed by atoms with Crippen LogP contribution in [0.15, 0.2) is 72.8 Å². The first-order valence-electron chi connectivity index (χ1n) is 11.1. The summed E-state index contributed by atoms with van der Waals surface area (Å²) in [4.78, 5) is 2.60. The minimum absolute atomic E-state index is 0.577. The van der Waals surface area contributed by atoms with Crippen molar-refractivity contribution in [3.05, 3.63) is 95.1 Å². The molecule has 150 valence electrons. The molecule has 1 aliphatic rings. The van der Waals surface area contributed by atoms with E-state index in [9.17, 15) is 0 Å². The number of benzene rings is 3. The average molecular weight is 384 g/mol. The molecule has 1 saturated carbocycles. The van der Waals surface area contributed by atoms with E-state index in [0.717, 1.165) is 5.92 Å². The summed E-state index contributed by atoms with van der Waals surface area (Å²) in [6.07, 6.45) is 6.37. The summed E-state index contributed by atoms with van der Waals surface area (Å²) in [5.74, 6) is 0.811. The molecular weight excluding hydrogens is 350 g/mol. The first kappa shape index (κ1) is 19.8. The molecule has 1 nitrogen and oxygen atoms in total. The Bertz CT molecular complexity index is 887. The Hall–Kier alpha value is -2.54. The smallest absolute Gasteiger partial charge is 0.0416 e. The van der Waals surface area contributed by atoms with Crippen molar-refractivity contribution >= 4 is 11.4 Å². The monoisotopic (exact) mass is 383 g/mol. The summed E-state index contributed by atoms with van der Waals surface area (Å²) < 4.78 is 0. The summed E-state index contributed by atoms with van der Waals surface area (Å²) >= 11 is 0. The van der Waals surface area contributed by atoms with Crippen molar-refractivity contribution in [2.75, 3.05) is 4.90 Å². The van der Waals surface area contributed by atoms with Crippen LogP contribution in [0.25, 0.3) is 0 Å². The Morgan fingerprint density at radius 2 is 1.21 bits per heavy atom. The van der Waals surface area contributed by atoms with Gasteiger partial charge in [0.25, 0.3) is 0 Å². The van der Waals surface area contributed by atoms with E-state index >= 15 is 0 Å². The molecule has 0 N–H and O–H groups in total. The van der Waals surface area contributed by atoms with Crippen LogP contribution >= 0.6 is 0 Å². The van der Waals surface area contributed by atoms with E-state index in [4.69, 9.17) is 0 Å². The van der Waals surface area contributed by atoms with Gasteiger partial charge in [0.15, 0.2) is 0 Å². The lowest BCUT2D eigenvalue weighted by Gasteiger charge is -2.39. The fourth-order valence-electron chi connectivity index (χ4n) is 4.79. The van der Waals surface area contributed by atoms with Crippen LogP contribution in [0.3, 0.4) is 0 Å². The minimum atomic E-state index is 0.577. The van der Waals surface area contributed by atoms with Crippen LogP contribution in [0.2, 0.25) is 0 Å². The highest BCUT2D eigenvalue weighted by Crippen LogP contribution is 2.37. The van der Waals surface area contributed by atoms with E-state index < -0.39 is 0 Å². The van der Waals surface area contributed by atoms with Gasteiger partial charge in [0.1, 0.15) is 0 Å². The predicted molar refractivity (Wildman–Crippen MR) is 125 cm³/mol. The van der Waals surface area contributed by atoms with Crippen molar-refractivity contribution in [1.29, 1.82) is 0 Å². The fraction of sp³-hybridized carbons (Fsp3) is 0.357. The SMILES string of the molecule is Cc1ccc(CC2CCC(N(c3cccc(C)c3)c3cccc(C)c3)CC2)cc1. The maximum absolute atomic E-state index is 2.60. The minimum Gasteiger partial charge on any atom is -0.338 e. The first-order chi connectivity index (χ1) is 14.1. The number of rotatable bonds is 5. The van der Waals surface area contributed by atoms with Crippen LogP contribution < -0.4 is 4.90 Å². The molecule has 0 spiro atoms. The molecule has 0 unspecified atom stereocenters. The van der Waals surface area contributed by atoms with Crippen molar-refractivity contribution in [3.8, 4) is 0 Å². The third-order valence-corrected chi connectivity index (χ3v) is 6.39. The van der Waals surface area contributed by atoms with Crippen molar-refractivity contribution in [2.24, 2.45) is 5.92 Å². The van der Waals surface area contributed by atoms with Crippen LogP contribution in [-0.2, 0) is 6.42 Å². The van der Waals surface area contributed by atoms with Crippen molar-refractivity contribution in [3.63, 3.8) is 0 Å². The van der Waals surface area contributed by atoms with Crippen LogP contribution in [0.1, 0.15) is 47.9 Å². The highest BCUT2D eigenvalue weighted by molar-refractivity contribution is 5.65. The van der Waals surface area contributed by atoms with Gasteiger partial charge in [-0.2, -0.15) is 0 Å². The number of hydrogen-bond acceptors (Lipinski definition) is 1. The molecule has 1 aliphatic carbocycles. The Morgan fingerprint density at radius 1 is 0.655 bits per heavy atom. The van der Waals surface area contributed by atoms with E-state index in [2.05, 4.69) is 98.5 Å². The molecule has 1 fully saturated rings. The first-order valence-corrected chi connectivity index (χ1v) is 11.1. The van der Waals surface area contributed by atoms with Crippen LogP contribution in [0, 0.1) is 26.7 Å². The van der Waals surface area contributed by atoms with Gasteiger partial charge in [-0.1, -0.05) is 54.1 Å². The number of hydrogen-bond donors (Lipinski definition) is 0. The highest BCUT2D eigenvalue weighted by atomic mass is 15.2. The van der Waals surface area contributed by atoms with Gasteiger partial charge < -0.3 is 4.90 Å². The second kappa shape index (κ2) is 8.86. The molecule has 0 radical (unpaired) electrons. The summed E-state index contributed by atoms with van der Waals surface area (Å²) in [7, 11) is 0. The van der Waals surface area contributed by atoms with Gasteiger partial charge >= 0.3 is 0 Å². The number of anilines is 2. The highest BCUT2D eigenvalue weighted by Gasteiger charge is 2.27. The second-order valence-electron chi connectivity index (χ2n) is 8.91. The topological polar surface area (TPSA) is 3.24 Å². The summed E-state index contributed by atoms with van der Waals surface area (Å²) in [5, 5.41) is 0. The molecule has 3 aromatic carbocycles. The van der Waals surface area contributed by atoms with Gasteiger partial charge in [-0.05, 0) is 99.7 Å². The fourth-order valence-corrected chi connectivity index (χ4v) is 4.79. The largest absolute Gasteiger partial charge is 0.338 e. The zero-order valence-corrected chi connectivity index (χ0v) is 18.1. The van der Waals surface area contributed by atoms with Gasteiger partial charge in [-0.25, -0.2) is 0 Å². The normalized spacial score (nSPS) is 19.1. The Kier molecular flexibility index (Phi) is 6.04. The quantitative estimate of drug-likeness (QED) is 0.439. The molecule has 0 aliphatic heterocycles. The summed E-state index contributed by atoms with van der Waals surface area (Å²) in [6.45, 7) is 6.55. The zero-order chi connectivity index (χ0) is 20.2. The Balaban J connectivity index is 1.51. The molecule has 0 heterocycles. The maximum Gasteiger partial charge on any atom is 0.0416 e. The van der Waals surface area contributed by atoms with Gasteiger partial charge in [0.2, 0.25) is 0 Å². The molecule has 0 bridgehead atoms. The molecule has 0 saturated heterocycles. The lowest BCUT2D eigenvalue weighted by Crippen LogP contribution is -2.35.